The van der Waals surface area contributed by atoms with Crippen LogP contribution in [0.3, 0.4) is 0 Å². The van der Waals surface area contributed by atoms with E-state index in [2.05, 4.69) is 5.32 Å². The van der Waals surface area contributed by atoms with Gasteiger partial charge in [0.15, 0.2) is 4.90 Å². The molecule has 4 N–H and O–H groups in total. The molecule has 0 atom stereocenters. The summed E-state index contributed by atoms with van der Waals surface area (Å²) in [6, 6.07) is 1.01. The maximum Gasteiger partial charge on any atom is 0.316 e. The molecule has 0 heterocycles. The zero-order valence-electron chi connectivity index (χ0n) is 11.5. The van der Waals surface area contributed by atoms with Gasteiger partial charge in [-0.2, -0.15) is 0 Å². The van der Waals surface area contributed by atoms with E-state index in [1.54, 1.807) is 0 Å². The lowest BCUT2D eigenvalue weighted by atomic mass is 10.3. The topological polar surface area (TPSA) is 105 Å². The van der Waals surface area contributed by atoms with Gasteiger partial charge in [0, 0.05) is 32.9 Å². The molecule has 0 unspecified atom stereocenters. The van der Waals surface area contributed by atoms with E-state index in [0.717, 1.165) is 0 Å². The summed E-state index contributed by atoms with van der Waals surface area (Å²) in [5, 5.41) is 2.40. The average molecular weight is 322 g/mol. The molecule has 7 nitrogen and oxygen atoms in total. The Labute approximate surface area is 121 Å². The van der Waals surface area contributed by atoms with Crippen molar-refractivity contribution in [1.82, 2.24) is 14.9 Å². The molecule has 1 aromatic rings. The van der Waals surface area contributed by atoms with Crippen LogP contribution in [0.15, 0.2) is 17.0 Å². The Morgan fingerprint density at radius 2 is 1.76 bits per heavy atom. The van der Waals surface area contributed by atoms with Gasteiger partial charge < -0.3 is 16.0 Å². The Balaban J connectivity index is 2.73. The summed E-state index contributed by atoms with van der Waals surface area (Å²) in [5.74, 6) is -2.56. The van der Waals surface area contributed by atoms with E-state index < -0.39 is 32.6 Å². The van der Waals surface area contributed by atoms with Gasteiger partial charge in [-0.3, -0.25) is 0 Å². The first-order chi connectivity index (χ1) is 9.65. The van der Waals surface area contributed by atoms with Crippen LogP contribution in [0, 0.1) is 11.6 Å². The average Bonchev–Trinajstić information content (AvgIpc) is 2.32. The predicted molar refractivity (Wildman–Crippen MR) is 73.0 cm³/mol. The summed E-state index contributed by atoms with van der Waals surface area (Å²) in [6.07, 6.45) is 0. The number of rotatable bonds is 5. The van der Waals surface area contributed by atoms with Crippen molar-refractivity contribution in [1.29, 1.82) is 0 Å². The van der Waals surface area contributed by atoms with E-state index in [1.807, 2.05) is 4.72 Å². The van der Waals surface area contributed by atoms with Crippen molar-refractivity contribution in [2.75, 3.05) is 32.9 Å². The Hall–Kier alpha value is -1.94. The maximum atomic E-state index is 13.5. The third kappa shape index (κ3) is 4.53. The fraction of sp³-hybridized carbons (Fsp3) is 0.364. The molecule has 0 fully saturated rings. The molecular formula is C11H16F2N4O3S. The fourth-order valence-electron chi connectivity index (χ4n) is 1.42. The van der Waals surface area contributed by atoms with Crippen LogP contribution in [0.5, 0.6) is 0 Å². The molecule has 21 heavy (non-hydrogen) atoms. The summed E-state index contributed by atoms with van der Waals surface area (Å²) in [4.78, 5) is 11.3. The molecule has 0 spiro atoms. The van der Waals surface area contributed by atoms with Crippen molar-refractivity contribution >= 4 is 21.7 Å². The Kier molecular flexibility index (Phi) is 5.44. The molecule has 0 aliphatic carbocycles. The maximum absolute atomic E-state index is 13.5. The van der Waals surface area contributed by atoms with Crippen molar-refractivity contribution in [2.24, 2.45) is 0 Å². The quantitative estimate of drug-likeness (QED) is 0.528. The summed E-state index contributed by atoms with van der Waals surface area (Å²) in [7, 11) is -1.35. The second-order valence-corrected chi connectivity index (χ2v) is 6.04. The number of sulfonamides is 1. The molecule has 118 valence electrons. The van der Waals surface area contributed by atoms with Crippen LogP contribution in [-0.4, -0.2) is 46.5 Å². The Bertz CT molecular complexity index is 611. The molecule has 1 rings (SSSR count). The Morgan fingerprint density at radius 1 is 1.24 bits per heavy atom. The fourth-order valence-corrected chi connectivity index (χ4v) is 2.57. The molecule has 0 aliphatic rings. The highest BCUT2D eigenvalue weighted by Crippen LogP contribution is 2.21. The van der Waals surface area contributed by atoms with Crippen LogP contribution < -0.4 is 15.8 Å². The number of nitrogens with one attached hydrogen (secondary N) is 2. The highest BCUT2D eigenvalue weighted by Gasteiger charge is 2.24. The van der Waals surface area contributed by atoms with Crippen LogP contribution >= 0.6 is 0 Å². The third-order valence-corrected chi connectivity index (χ3v) is 3.90. The number of benzene rings is 1. The molecule has 0 saturated heterocycles. The number of halogens is 2. The van der Waals surface area contributed by atoms with E-state index in [-0.39, 0.29) is 18.8 Å². The minimum Gasteiger partial charge on any atom is -0.399 e. The lowest BCUT2D eigenvalue weighted by Crippen LogP contribution is -2.39. The molecule has 0 radical (unpaired) electrons. The second-order valence-electron chi connectivity index (χ2n) is 4.34. The van der Waals surface area contributed by atoms with Crippen molar-refractivity contribution in [3.63, 3.8) is 0 Å². The molecule has 1 aromatic carbocycles. The summed E-state index contributed by atoms with van der Waals surface area (Å²) >= 11 is 0. The normalized spacial score (nSPS) is 11.2. The van der Waals surface area contributed by atoms with Gasteiger partial charge in [-0.1, -0.05) is 0 Å². The number of nitrogen functional groups attached to an aromatic ring is 1. The van der Waals surface area contributed by atoms with Crippen molar-refractivity contribution in [3.05, 3.63) is 23.8 Å². The van der Waals surface area contributed by atoms with Gasteiger partial charge in [0.25, 0.3) is 0 Å². The first-order valence-electron chi connectivity index (χ1n) is 5.84. The first kappa shape index (κ1) is 17.1. The molecule has 10 heteroatoms. The number of anilines is 1. The van der Waals surface area contributed by atoms with E-state index >= 15 is 0 Å². The summed E-state index contributed by atoms with van der Waals surface area (Å²) in [5.41, 5.74) is 4.99. The zero-order chi connectivity index (χ0) is 16.2. The van der Waals surface area contributed by atoms with Gasteiger partial charge >= 0.3 is 6.03 Å². The highest BCUT2D eigenvalue weighted by atomic mass is 32.2. The standard InChI is InChI=1S/C11H16F2N4O3S/c1-17(2)11(18)15-3-4-16-21(19,20)10-8(12)5-7(14)6-9(10)13/h5-6,16H,3-4,14H2,1-2H3,(H,15,18). The monoisotopic (exact) mass is 322 g/mol. The van der Waals surface area contributed by atoms with E-state index in [1.165, 1.54) is 19.0 Å². The van der Waals surface area contributed by atoms with Crippen LogP contribution in [0.1, 0.15) is 0 Å². The summed E-state index contributed by atoms with van der Waals surface area (Å²) in [6.45, 7) is -0.250. The lowest BCUT2D eigenvalue weighted by molar-refractivity contribution is 0.217. The van der Waals surface area contributed by atoms with Gasteiger partial charge in [0.05, 0.1) is 0 Å². The number of urea groups is 1. The van der Waals surface area contributed by atoms with Crippen LogP contribution in [0.4, 0.5) is 19.3 Å². The first-order valence-corrected chi connectivity index (χ1v) is 7.33. The van der Waals surface area contributed by atoms with Crippen molar-refractivity contribution in [3.8, 4) is 0 Å². The smallest absolute Gasteiger partial charge is 0.316 e. The summed E-state index contributed by atoms with van der Waals surface area (Å²) < 4.78 is 52.7. The SMILES string of the molecule is CN(C)C(=O)NCCNS(=O)(=O)c1c(F)cc(N)cc1F. The van der Waals surface area contributed by atoms with Gasteiger partial charge in [0.2, 0.25) is 10.0 Å². The van der Waals surface area contributed by atoms with Crippen LogP contribution in [0.25, 0.3) is 0 Å². The van der Waals surface area contributed by atoms with E-state index in [4.69, 9.17) is 5.73 Å². The number of nitrogens with zero attached hydrogens (tertiary/aromatic N) is 1. The van der Waals surface area contributed by atoms with Gasteiger partial charge in [-0.25, -0.2) is 26.7 Å². The van der Waals surface area contributed by atoms with Crippen molar-refractivity contribution < 1.29 is 22.0 Å². The van der Waals surface area contributed by atoms with Gasteiger partial charge in [-0.05, 0) is 12.1 Å². The number of nitrogens with two attached hydrogens (primary N) is 1. The van der Waals surface area contributed by atoms with E-state index in [9.17, 15) is 22.0 Å². The van der Waals surface area contributed by atoms with Crippen LogP contribution in [-0.2, 0) is 10.0 Å². The van der Waals surface area contributed by atoms with Crippen LogP contribution in [0.2, 0.25) is 0 Å². The van der Waals surface area contributed by atoms with E-state index in [0.29, 0.717) is 12.1 Å². The lowest BCUT2D eigenvalue weighted by Gasteiger charge is -2.13. The zero-order valence-corrected chi connectivity index (χ0v) is 12.3. The molecule has 0 saturated carbocycles. The number of carbonyl (C=O) groups is 1. The third-order valence-electron chi connectivity index (χ3n) is 2.39. The highest BCUT2D eigenvalue weighted by molar-refractivity contribution is 7.89. The van der Waals surface area contributed by atoms with Crippen molar-refractivity contribution in [2.45, 2.75) is 4.90 Å². The number of hydrogen-bond donors (Lipinski definition) is 3. The minimum absolute atomic E-state index is 0.0333. The largest absolute Gasteiger partial charge is 0.399 e. The minimum atomic E-state index is -4.38. The Morgan fingerprint density at radius 3 is 2.24 bits per heavy atom. The number of amides is 2. The molecular weight excluding hydrogens is 306 g/mol. The number of hydrogen-bond acceptors (Lipinski definition) is 4. The molecule has 0 aromatic heterocycles. The molecule has 2 amide bonds. The number of carbonyl (C=O) groups excluding carboxylic acids is 1. The second kappa shape index (κ2) is 6.68. The van der Waals surface area contributed by atoms with Gasteiger partial charge in [-0.15, -0.1) is 0 Å². The molecule has 0 aliphatic heterocycles. The predicted octanol–water partition coefficient (Wildman–Crippen LogP) is 0.0965. The van der Waals surface area contributed by atoms with Gasteiger partial charge in [0.1, 0.15) is 11.6 Å². The molecule has 0 bridgehead atoms.